The number of carbonyl (C=O) groups is 2. The zero-order valence-electron chi connectivity index (χ0n) is 30.6. The van der Waals surface area contributed by atoms with Gasteiger partial charge >= 0.3 is 5.97 Å². The number of ether oxygens (including phenoxy) is 5. The van der Waals surface area contributed by atoms with E-state index >= 15 is 0 Å². The highest BCUT2D eigenvalue weighted by Crippen LogP contribution is 2.45. The van der Waals surface area contributed by atoms with Crippen molar-refractivity contribution < 1.29 is 48.6 Å². The fourth-order valence-corrected chi connectivity index (χ4v) is 8.18. The molecular weight excluding hydrogens is 592 g/mol. The zero-order valence-corrected chi connectivity index (χ0v) is 30.6. The summed E-state index contributed by atoms with van der Waals surface area (Å²) >= 11 is 0. The van der Waals surface area contributed by atoms with Gasteiger partial charge in [0.25, 0.3) is 0 Å². The minimum atomic E-state index is -1.90. The molecule has 1 unspecified atom stereocenters. The fraction of sp³-hybridized carbons (Fsp3) is 0.889. The van der Waals surface area contributed by atoms with Crippen LogP contribution in [0.3, 0.4) is 0 Å². The van der Waals surface area contributed by atoms with E-state index in [9.17, 15) is 24.9 Å². The third-order valence-corrected chi connectivity index (χ3v) is 10.4. The first kappa shape index (κ1) is 40.6. The van der Waals surface area contributed by atoms with Crippen LogP contribution < -0.4 is 0 Å². The molecule has 0 amide bonds. The van der Waals surface area contributed by atoms with Gasteiger partial charge < -0.3 is 39.0 Å². The van der Waals surface area contributed by atoms with Crippen molar-refractivity contribution in [2.45, 2.75) is 175 Å². The molecule has 2 fully saturated rings. The lowest BCUT2D eigenvalue weighted by Crippen LogP contribution is -2.61. The van der Waals surface area contributed by atoms with Gasteiger partial charge in [-0.3, -0.25) is 9.59 Å². The van der Waals surface area contributed by atoms with Gasteiger partial charge in [-0.2, -0.15) is 0 Å². The van der Waals surface area contributed by atoms with E-state index in [1.165, 1.54) is 13.2 Å². The predicted molar refractivity (Wildman–Crippen MR) is 176 cm³/mol. The molecule has 0 bridgehead atoms. The molecule has 268 valence electrons. The van der Waals surface area contributed by atoms with Crippen LogP contribution in [0.2, 0.25) is 0 Å². The number of aliphatic hydroxyl groups excluding tert-OH is 2. The summed E-state index contributed by atoms with van der Waals surface area (Å²) in [6, 6.07) is 0. The average Bonchev–Trinajstić information content (AvgIpc) is 2.94. The summed E-state index contributed by atoms with van der Waals surface area (Å²) in [4.78, 5) is 28.0. The Morgan fingerprint density at radius 2 is 1.52 bits per heavy atom. The fourth-order valence-electron chi connectivity index (χ4n) is 8.18. The van der Waals surface area contributed by atoms with Crippen LogP contribution in [-0.2, 0) is 33.3 Å². The van der Waals surface area contributed by atoms with Crippen LogP contribution in [0.25, 0.3) is 0 Å². The zero-order chi connectivity index (χ0) is 35.5. The first-order chi connectivity index (χ1) is 21.1. The number of hydrogen-bond donors (Lipinski definition) is 3. The van der Waals surface area contributed by atoms with Crippen LogP contribution in [0.4, 0.5) is 0 Å². The Morgan fingerprint density at radius 1 is 0.935 bits per heavy atom. The lowest BCUT2D eigenvalue weighted by molar-refractivity contribution is -0.243. The summed E-state index contributed by atoms with van der Waals surface area (Å²) in [5.41, 5.74) is -3.96. The molecular formula is C36H64O10. The standard InChI is InChI=1S/C36H64O10/c1-15-27-36(14,41)30(38)24(10)29(37)21(7)17-35(13,46-20(5)6)32(43-19(3)4)22(8)28(23(9)33(40)45-27)26-18-34(12,42-16-2)31(39)25(11)44-26/h16,19-28,30-32,38-39,41H,2,15,17-18H2,1,3-14H3/t21-,22+,23-,24+,25+,26?,27-,28+,30-,31+,32-,34-,35-,36-/m1/s1. The second-order valence-electron chi connectivity index (χ2n) is 15.2. The molecule has 46 heavy (non-hydrogen) atoms. The highest BCUT2D eigenvalue weighted by Gasteiger charge is 2.55. The van der Waals surface area contributed by atoms with Crippen LogP contribution in [0.5, 0.6) is 0 Å². The number of cyclic esters (lactones) is 1. The highest BCUT2D eigenvalue weighted by atomic mass is 16.6. The summed E-state index contributed by atoms with van der Waals surface area (Å²) in [6.07, 6.45) is -3.78. The molecule has 0 aromatic heterocycles. The van der Waals surface area contributed by atoms with Crippen molar-refractivity contribution >= 4 is 11.8 Å². The Hall–Kier alpha value is -1.56. The second-order valence-corrected chi connectivity index (χ2v) is 15.2. The van der Waals surface area contributed by atoms with E-state index in [1.54, 1.807) is 34.6 Å². The van der Waals surface area contributed by atoms with E-state index in [1.807, 2.05) is 48.5 Å². The van der Waals surface area contributed by atoms with Gasteiger partial charge in [0.05, 0.1) is 54.4 Å². The van der Waals surface area contributed by atoms with E-state index in [0.29, 0.717) is 0 Å². The van der Waals surface area contributed by atoms with Gasteiger partial charge in [-0.1, -0.05) is 41.2 Å². The van der Waals surface area contributed by atoms with E-state index in [0.717, 1.165) is 0 Å². The van der Waals surface area contributed by atoms with Crippen molar-refractivity contribution in [3.05, 3.63) is 12.8 Å². The van der Waals surface area contributed by atoms with Crippen LogP contribution in [0.15, 0.2) is 12.8 Å². The van der Waals surface area contributed by atoms with Gasteiger partial charge in [-0.05, 0) is 74.1 Å². The van der Waals surface area contributed by atoms with E-state index in [-0.39, 0.29) is 37.3 Å². The molecule has 0 aromatic rings. The molecule has 0 radical (unpaired) electrons. The van der Waals surface area contributed by atoms with Crippen LogP contribution >= 0.6 is 0 Å². The molecule has 2 aliphatic heterocycles. The smallest absolute Gasteiger partial charge is 0.309 e. The minimum absolute atomic E-state index is 0.215. The van der Waals surface area contributed by atoms with E-state index < -0.39 is 89.0 Å². The van der Waals surface area contributed by atoms with Gasteiger partial charge in [0.15, 0.2) is 0 Å². The van der Waals surface area contributed by atoms with Crippen LogP contribution in [0, 0.1) is 29.6 Å². The Bertz CT molecular complexity index is 1030. The van der Waals surface area contributed by atoms with Crippen LogP contribution in [0.1, 0.15) is 109 Å². The molecule has 10 nitrogen and oxygen atoms in total. The maximum Gasteiger partial charge on any atom is 0.309 e. The summed E-state index contributed by atoms with van der Waals surface area (Å²) in [6.45, 7) is 27.3. The third kappa shape index (κ3) is 8.72. The topological polar surface area (TPSA) is 141 Å². The Morgan fingerprint density at radius 3 is 2.02 bits per heavy atom. The van der Waals surface area contributed by atoms with Gasteiger partial charge in [0.2, 0.25) is 0 Å². The summed E-state index contributed by atoms with van der Waals surface area (Å²) < 4.78 is 31.8. The van der Waals surface area contributed by atoms with Gasteiger partial charge in [-0.25, -0.2) is 0 Å². The van der Waals surface area contributed by atoms with E-state index in [4.69, 9.17) is 23.7 Å². The maximum absolute atomic E-state index is 14.1. The molecule has 2 rings (SSSR count). The first-order valence-corrected chi connectivity index (χ1v) is 17.2. The molecule has 3 N–H and O–H groups in total. The molecule has 0 spiro atoms. The van der Waals surface area contributed by atoms with Gasteiger partial charge in [0.1, 0.15) is 29.2 Å². The number of ketones is 1. The number of aliphatic hydroxyl groups is 3. The van der Waals surface area contributed by atoms with Crippen molar-refractivity contribution in [2.75, 3.05) is 0 Å². The third-order valence-electron chi connectivity index (χ3n) is 10.4. The molecule has 14 atom stereocenters. The minimum Gasteiger partial charge on any atom is -0.493 e. The summed E-state index contributed by atoms with van der Waals surface area (Å²) in [7, 11) is 0. The molecule has 0 aliphatic carbocycles. The van der Waals surface area contributed by atoms with Crippen molar-refractivity contribution in [1.29, 1.82) is 0 Å². The predicted octanol–water partition coefficient (Wildman–Crippen LogP) is 4.99. The Balaban J connectivity index is 2.87. The monoisotopic (exact) mass is 656 g/mol. The number of rotatable bonds is 8. The van der Waals surface area contributed by atoms with E-state index in [2.05, 4.69) is 6.58 Å². The largest absolute Gasteiger partial charge is 0.493 e. The molecule has 2 aliphatic rings. The second kappa shape index (κ2) is 15.8. The maximum atomic E-state index is 14.1. The van der Waals surface area contributed by atoms with Crippen molar-refractivity contribution in [2.24, 2.45) is 29.6 Å². The van der Waals surface area contributed by atoms with Crippen molar-refractivity contribution in [3.63, 3.8) is 0 Å². The number of esters is 1. The molecule has 10 heteroatoms. The lowest BCUT2D eigenvalue weighted by Gasteiger charge is -2.51. The first-order valence-electron chi connectivity index (χ1n) is 17.2. The Labute approximate surface area is 277 Å². The quantitative estimate of drug-likeness (QED) is 0.242. The summed E-state index contributed by atoms with van der Waals surface area (Å²) in [5.74, 6) is -4.05. The number of hydrogen-bond acceptors (Lipinski definition) is 10. The molecule has 0 aromatic carbocycles. The SMILES string of the molecule is C=CO[C@]1(C)CC([C@H]2[C@H](C)[C@@H](OC(C)C)[C@](C)(OC(C)C)C[C@@H](C)C(=O)[C@H](C)[C@@H](O)[C@](C)(O)[C@@H](CC)OC(=O)[C@@H]2C)O[C@@H](C)[C@@H]1O. The Kier molecular flexibility index (Phi) is 13.9. The average molecular weight is 657 g/mol. The molecule has 2 saturated heterocycles. The van der Waals surface area contributed by atoms with Crippen molar-refractivity contribution in [3.8, 4) is 0 Å². The van der Waals surface area contributed by atoms with Crippen LogP contribution in [-0.4, -0.2) is 92.7 Å². The van der Waals surface area contributed by atoms with Crippen molar-refractivity contribution in [1.82, 2.24) is 0 Å². The highest BCUT2D eigenvalue weighted by molar-refractivity contribution is 5.83. The summed E-state index contributed by atoms with van der Waals surface area (Å²) in [5, 5.41) is 34.1. The molecule has 2 heterocycles. The van der Waals surface area contributed by atoms with Gasteiger partial charge in [-0.15, -0.1) is 0 Å². The lowest BCUT2D eigenvalue weighted by atomic mass is 9.67. The van der Waals surface area contributed by atoms with Gasteiger partial charge in [0, 0.05) is 24.2 Å². The number of Topliss-reactive ketones (excluding diaryl/α,β-unsaturated/α-hetero) is 1. The molecule has 0 saturated carbocycles. The number of carbonyl (C=O) groups excluding carboxylic acids is 2. The normalized spacial score (nSPS) is 45.3.